The summed E-state index contributed by atoms with van der Waals surface area (Å²) >= 11 is 0. The first kappa shape index (κ1) is 13.4. The summed E-state index contributed by atoms with van der Waals surface area (Å²) in [5, 5.41) is 2.59. The Morgan fingerprint density at radius 1 is 1.14 bits per heavy atom. The van der Waals surface area contributed by atoms with E-state index in [0.29, 0.717) is 0 Å². The fourth-order valence-electron chi connectivity index (χ4n) is 3.97. The van der Waals surface area contributed by atoms with Crippen molar-refractivity contribution in [2.24, 2.45) is 0 Å². The number of aryl methyl sites for hydroxylation is 2. The lowest BCUT2D eigenvalue weighted by Gasteiger charge is -2.10. The van der Waals surface area contributed by atoms with Gasteiger partial charge in [0.25, 0.3) is 0 Å². The number of rotatable bonds is 1. The molecule has 0 saturated carbocycles. The predicted molar refractivity (Wildman–Crippen MR) is 88.2 cm³/mol. The largest absolute Gasteiger partial charge is 0.462 e. The normalized spacial score (nSPS) is 17.1. The number of carbonyl (C=O) groups is 1. The SMILES string of the molecule is CC(=O)OC1Cc2c(c(C)c3c([nH]c4ccccc43)c2C)C1. The molecule has 0 radical (unpaired) electrons. The summed E-state index contributed by atoms with van der Waals surface area (Å²) in [5.41, 5.74) is 7.73. The van der Waals surface area contributed by atoms with Gasteiger partial charge in [0, 0.05) is 41.6 Å². The molecule has 0 amide bonds. The first-order valence-electron chi connectivity index (χ1n) is 7.74. The van der Waals surface area contributed by atoms with E-state index in [1.54, 1.807) is 0 Å². The van der Waals surface area contributed by atoms with Gasteiger partial charge in [-0.05, 0) is 42.2 Å². The Morgan fingerprint density at radius 2 is 1.82 bits per heavy atom. The first-order valence-corrected chi connectivity index (χ1v) is 7.74. The minimum absolute atomic E-state index is 0.0114. The van der Waals surface area contributed by atoms with Crippen molar-refractivity contribution in [3.05, 3.63) is 46.5 Å². The molecule has 3 heteroatoms. The molecule has 1 aliphatic rings. The molecule has 1 atom stereocenters. The zero-order valence-electron chi connectivity index (χ0n) is 13.1. The van der Waals surface area contributed by atoms with Gasteiger partial charge in [-0.15, -0.1) is 0 Å². The molecule has 1 aromatic heterocycles. The van der Waals surface area contributed by atoms with Gasteiger partial charge in [0.05, 0.1) is 0 Å². The Kier molecular flexibility index (Phi) is 2.80. The van der Waals surface area contributed by atoms with Crippen LogP contribution in [-0.2, 0) is 22.4 Å². The highest BCUT2D eigenvalue weighted by Crippen LogP contribution is 2.39. The van der Waals surface area contributed by atoms with Crippen molar-refractivity contribution in [1.29, 1.82) is 0 Å². The molecule has 3 aromatic rings. The lowest BCUT2D eigenvalue weighted by molar-refractivity contribution is -0.145. The van der Waals surface area contributed by atoms with Crippen LogP contribution >= 0.6 is 0 Å². The van der Waals surface area contributed by atoms with E-state index in [1.165, 1.54) is 51.0 Å². The van der Waals surface area contributed by atoms with E-state index in [0.717, 1.165) is 12.8 Å². The third-order valence-corrected chi connectivity index (χ3v) is 4.92. The minimum Gasteiger partial charge on any atom is -0.462 e. The van der Waals surface area contributed by atoms with Crippen LogP contribution in [0.1, 0.15) is 29.2 Å². The Labute approximate surface area is 129 Å². The maximum absolute atomic E-state index is 11.3. The van der Waals surface area contributed by atoms with Crippen LogP contribution in [0.2, 0.25) is 0 Å². The minimum atomic E-state index is -0.191. The van der Waals surface area contributed by atoms with Crippen LogP contribution in [-0.4, -0.2) is 17.1 Å². The number of esters is 1. The number of hydrogen-bond acceptors (Lipinski definition) is 2. The molecule has 4 rings (SSSR count). The number of carbonyl (C=O) groups excluding carboxylic acids is 1. The van der Waals surface area contributed by atoms with Crippen molar-refractivity contribution in [2.45, 2.75) is 39.7 Å². The Bertz CT molecular complexity index is 920. The molecule has 1 unspecified atom stereocenters. The van der Waals surface area contributed by atoms with Crippen LogP contribution in [0.4, 0.5) is 0 Å². The Balaban J connectivity index is 1.97. The topological polar surface area (TPSA) is 42.1 Å². The Morgan fingerprint density at radius 3 is 2.55 bits per heavy atom. The van der Waals surface area contributed by atoms with Crippen LogP contribution in [0.3, 0.4) is 0 Å². The summed E-state index contributed by atoms with van der Waals surface area (Å²) in [7, 11) is 0. The molecule has 0 saturated heterocycles. The van der Waals surface area contributed by atoms with Gasteiger partial charge in [-0.1, -0.05) is 18.2 Å². The van der Waals surface area contributed by atoms with Gasteiger partial charge in [0.1, 0.15) is 6.10 Å². The average Bonchev–Trinajstić information content (AvgIpc) is 3.06. The van der Waals surface area contributed by atoms with E-state index in [-0.39, 0.29) is 12.1 Å². The van der Waals surface area contributed by atoms with Gasteiger partial charge < -0.3 is 9.72 Å². The van der Waals surface area contributed by atoms with Crippen molar-refractivity contribution >= 4 is 27.8 Å². The molecule has 0 fully saturated rings. The number of fused-ring (bicyclic) bond motifs is 4. The third-order valence-electron chi connectivity index (χ3n) is 4.92. The van der Waals surface area contributed by atoms with Crippen LogP contribution in [0.15, 0.2) is 24.3 Å². The second-order valence-electron chi connectivity index (χ2n) is 6.27. The molecule has 1 heterocycles. The van der Waals surface area contributed by atoms with Crippen molar-refractivity contribution < 1.29 is 9.53 Å². The van der Waals surface area contributed by atoms with E-state index in [2.05, 4.69) is 43.1 Å². The zero-order valence-corrected chi connectivity index (χ0v) is 13.1. The van der Waals surface area contributed by atoms with E-state index < -0.39 is 0 Å². The zero-order chi connectivity index (χ0) is 15.4. The molecule has 0 bridgehead atoms. The van der Waals surface area contributed by atoms with Crippen molar-refractivity contribution in [2.75, 3.05) is 0 Å². The number of hydrogen-bond donors (Lipinski definition) is 1. The smallest absolute Gasteiger partial charge is 0.302 e. The van der Waals surface area contributed by atoms with Crippen molar-refractivity contribution in [3.63, 3.8) is 0 Å². The molecule has 112 valence electrons. The number of H-pyrrole nitrogens is 1. The fraction of sp³-hybridized carbons (Fsp3) is 0.316. The third kappa shape index (κ3) is 1.78. The van der Waals surface area contributed by atoms with E-state index in [9.17, 15) is 4.79 Å². The number of aromatic amines is 1. The number of ether oxygens (including phenoxy) is 1. The summed E-state index contributed by atoms with van der Waals surface area (Å²) in [6.45, 7) is 5.85. The maximum Gasteiger partial charge on any atom is 0.302 e. The highest BCUT2D eigenvalue weighted by molar-refractivity contribution is 6.10. The molecule has 2 aromatic carbocycles. The number of aromatic nitrogens is 1. The maximum atomic E-state index is 11.3. The molecular weight excluding hydrogens is 274 g/mol. The predicted octanol–water partition coefficient (Wildman–Crippen LogP) is 3.97. The van der Waals surface area contributed by atoms with Crippen LogP contribution in [0.5, 0.6) is 0 Å². The number of benzene rings is 2. The highest BCUT2D eigenvalue weighted by atomic mass is 16.5. The van der Waals surface area contributed by atoms with Crippen LogP contribution in [0.25, 0.3) is 21.8 Å². The van der Waals surface area contributed by atoms with Crippen molar-refractivity contribution in [3.8, 4) is 0 Å². The molecular formula is C19H19NO2. The number of para-hydroxylation sites is 1. The molecule has 1 aliphatic carbocycles. The molecule has 0 aliphatic heterocycles. The quantitative estimate of drug-likeness (QED) is 0.690. The van der Waals surface area contributed by atoms with Crippen LogP contribution in [0, 0.1) is 13.8 Å². The van der Waals surface area contributed by atoms with Gasteiger partial charge in [0.2, 0.25) is 0 Å². The molecule has 3 nitrogen and oxygen atoms in total. The van der Waals surface area contributed by atoms with E-state index in [1.807, 2.05) is 0 Å². The van der Waals surface area contributed by atoms with Gasteiger partial charge in [-0.3, -0.25) is 4.79 Å². The summed E-state index contributed by atoms with van der Waals surface area (Å²) in [6, 6.07) is 8.44. The monoisotopic (exact) mass is 293 g/mol. The van der Waals surface area contributed by atoms with Gasteiger partial charge in [-0.2, -0.15) is 0 Å². The van der Waals surface area contributed by atoms with Gasteiger partial charge in [0.15, 0.2) is 0 Å². The molecule has 0 spiro atoms. The first-order chi connectivity index (χ1) is 10.6. The standard InChI is InChI=1S/C19H19NO2/c1-10-15-8-13(22-12(3)21)9-16(15)11(2)19-18(10)14-6-4-5-7-17(14)20-19/h4-7,13,20H,8-9H2,1-3H3. The molecule has 22 heavy (non-hydrogen) atoms. The lowest BCUT2D eigenvalue weighted by Crippen LogP contribution is -2.16. The highest BCUT2D eigenvalue weighted by Gasteiger charge is 2.29. The Hall–Kier alpha value is -2.29. The average molecular weight is 293 g/mol. The number of nitrogens with one attached hydrogen (secondary N) is 1. The van der Waals surface area contributed by atoms with Gasteiger partial charge in [-0.25, -0.2) is 0 Å². The van der Waals surface area contributed by atoms with Crippen LogP contribution < -0.4 is 0 Å². The lowest BCUT2D eigenvalue weighted by atomic mass is 9.94. The second kappa shape index (κ2) is 4.60. The van der Waals surface area contributed by atoms with Gasteiger partial charge >= 0.3 is 5.97 Å². The van der Waals surface area contributed by atoms with E-state index in [4.69, 9.17) is 4.74 Å². The molecule has 1 N–H and O–H groups in total. The fourth-order valence-corrected chi connectivity index (χ4v) is 3.97. The van der Waals surface area contributed by atoms with E-state index >= 15 is 0 Å². The summed E-state index contributed by atoms with van der Waals surface area (Å²) in [5.74, 6) is -0.191. The second-order valence-corrected chi connectivity index (χ2v) is 6.27. The summed E-state index contributed by atoms with van der Waals surface area (Å²) in [6.07, 6.45) is 1.65. The summed E-state index contributed by atoms with van der Waals surface area (Å²) in [4.78, 5) is 14.8. The van der Waals surface area contributed by atoms with Crippen molar-refractivity contribution in [1.82, 2.24) is 4.98 Å². The summed E-state index contributed by atoms with van der Waals surface area (Å²) < 4.78 is 5.45.